The summed E-state index contributed by atoms with van der Waals surface area (Å²) in [6.07, 6.45) is 0. The smallest absolute Gasteiger partial charge is 0.336 e. The molecule has 2 aromatic carbocycles. The van der Waals surface area contributed by atoms with Crippen LogP contribution in [0, 0.1) is 0 Å². The van der Waals surface area contributed by atoms with E-state index in [-0.39, 0.29) is 18.1 Å². The molecule has 0 bridgehead atoms. The highest BCUT2D eigenvalue weighted by Crippen LogP contribution is 2.27. The fourth-order valence-electron chi connectivity index (χ4n) is 3.78. The van der Waals surface area contributed by atoms with Gasteiger partial charge in [0.2, 0.25) is 0 Å². The molecule has 2 heterocycles. The lowest BCUT2D eigenvalue weighted by atomic mass is 10.1. The molecule has 0 radical (unpaired) electrons. The van der Waals surface area contributed by atoms with Gasteiger partial charge in [-0.1, -0.05) is 25.1 Å². The maximum Gasteiger partial charge on any atom is 0.336 e. The number of nitrogens with zero attached hydrogens (tertiary/aromatic N) is 3. The molecule has 0 aliphatic carbocycles. The lowest BCUT2D eigenvalue weighted by molar-refractivity contribution is -0.118. The van der Waals surface area contributed by atoms with Crippen LogP contribution in [-0.4, -0.2) is 66.2 Å². The van der Waals surface area contributed by atoms with Gasteiger partial charge in [0.15, 0.2) is 6.61 Å². The number of pyridine rings is 1. The minimum absolute atomic E-state index is 0.144. The van der Waals surface area contributed by atoms with Crippen molar-refractivity contribution >= 4 is 34.3 Å². The first-order valence-corrected chi connectivity index (χ1v) is 10.7. The number of hydrogen-bond acceptors (Lipinski definition) is 6. The minimum atomic E-state index is -1.03. The highest BCUT2D eigenvalue weighted by atomic mass is 16.5. The van der Waals surface area contributed by atoms with Crippen LogP contribution in [0.3, 0.4) is 0 Å². The average molecular weight is 434 g/mol. The molecule has 1 aromatic heterocycles. The summed E-state index contributed by atoms with van der Waals surface area (Å²) in [5, 5.41) is 13.0. The van der Waals surface area contributed by atoms with Crippen molar-refractivity contribution in [2.45, 2.75) is 6.92 Å². The van der Waals surface area contributed by atoms with Crippen molar-refractivity contribution in [1.29, 1.82) is 0 Å². The SMILES string of the molecule is CCN1CCN(c2cc(C(=O)O)c3cc(NC(=O)COc4ccccc4)ccc3n2)CC1. The van der Waals surface area contributed by atoms with E-state index in [1.54, 1.807) is 36.4 Å². The molecule has 8 heteroatoms. The van der Waals surface area contributed by atoms with E-state index in [2.05, 4.69) is 22.0 Å². The molecule has 32 heavy (non-hydrogen) atoms. The van der Waals surface area contributed by atoms with Crippen LogP contribution in [-0.2, 0) is 4.79 Å². The summed E-state index contributed by atoms with van der Waals surface area (Å²) in [7, 11) is 0. The Morgan fingerprint density at radius 1 is 1.06 bits per heavy atom. The number of fused-ring (bicyclic) bond motifs is 1. The third kappa shape index (κ3) is 4.97. The molecule has 4 rings (SSSR count). The lowest BCUT2D eigenvalue weighted by Crippen LogP contribution is -2.46. The number of rotatable bonds is 7. The van der Waals surface area contributed by atoms with Crippen LogP contribution in [0.25, 0.3) is 10.9 Å². The van der Waals surface area contributed by atoms with Gasteiger partial charge in [-0.15, -0.1) is 0 Å². The molecule has 0 saturated carbocycles. The summed E-state index contributed by atoms with van der Waals surface area (Å²) in [5.74, 6) is -0.0882. The number of likely N-dealkylation sites (N-methyl/N-ethyl adjacent to an activating group) is 1. The number of ether oxygens (including phenoxy) is 1. The number of nitrogens with one attached hydrogen (secondary N) is 1. The lowest BCUT2D eigenvalue weighted by Gasteiger charge is -2.35. The van der Waals surface area contributed by atoms with Crippen molar-refractivity contribution < 1.29 is 19.4 Å². The van der Waals surface area contributed by atoms with E-state index < -0.39 is 5.97 Å². The number of aromatic carboxylic acids is 1. The van der Waals surface area contributed by atoms with E-state index in [0.29, 0.717) is 28.2 Å². The first-order valence-electron chi connectivity index (χ1n) is 10.7. The van der Waals surface area contributed by atoms with Gasteiger partial charge in [0, 0.05) is 37.3 Å². The molecular formula is C24H26N4O4. The van der Waals surface area contributed by atoms with Gasteiger partial charge in [0.05, 0.1) is 11.1 Å². The molecule has 0 unspecified atom stereocenters. The van der Waals surface area contributed by atoms with Crippen LogP contribution in [0.1, 0.15) is 17.3 Å². The highest BCUT2D eigenvalue weighted by Gasteiger charge is 2.20. The number of para-hydroxylation sites is 1. The minimum Gasteiger partial charge on any atom is -0.484 e. The molecule has 1 saturated heterocycles. The average Bonchev–Trinajstić information content (AvgIpc) is 2.82. The van der Waals surface area contributed by atoms with Crippen molar-refractivity contribution in [2.24, 2.45) is 0 Å². The third-order valence-electron chi connectivity index (χ3n) is 5.57. The molecule has 3 aromatic rings. The summed E-state index contributed by atoms with van der Waals surface area (Å²) in [6, 6.07) is 15.8. The maximum absolute atomic E-state index is 12.3. The standard InChI is InChI=1S/C24H26N4O4/c1-2-27-10-12-28(13-11-27)22-15-20(24(30)31)19-14-17(8-9-21(19)26-22)25-23(29)16-32-18-6-4-3-5-7-18/h3-9,14-15H,2,10-13,16H2,1H3,(H,25,29)(H,30,31). The summed E-state index contributed by atoms with van der Waals surface area (Å²) < 4.78 is 5.46. The van der Waals surface area contributed by atoms with Crippen molar-refractivity contribution in [2.75, 3.05) is 49.5 Å². The Bertz CT molecular complexity index is 1110. The van der Waals surface area contributed by atoms with E-state index in [9.17, 15) is 14.7 Å². The predicted molar refractivity (Wildman–Crippen MR) is 124 cm³/mol. The summed E-state index contributed by atoms with van der Waals surface area (Å²) >= 11 is 0. The van der Waals surface area contributed by atoms with Gasteiger partial charge in [-0.05, 0) is 42.9 Å². The summed E-state index contributed by atoms with van der Waals surface area (Å²) in [4.78, 5) is 33.4. The normalized spacial score (nSPS) is 14.3. The van der Waals surface area contributed by atoms with Crippen LogP contribution < -0.4 is 15.0 Å². The van der Waals surface area contributed by atoms with Gasteiger partial charge in [-0.2, -0.15) is 0 Å². The zero-order valence-corrected chi connectivity index (χ0v) is 18.0. The quantitative estimate of drug-likeness (QED) is 0.590. The van der Waals surface area contributed by atoms with E-state index in [0.717, 1.165) is 32.7 Å². The number of piperazine rings is 1. The highest BCUT2D eigenvalue weighted by molar-refractivity contribution is 6.05. The van der Waals surface area contributed by atoms with Crippen molar-refractivity contribution in [3.63, 3.8) is 0 Å². The number of anilines is 2. The van der Waals surface area contributed by atoms with Crippen molar-refractivity contribution in [1.82, 2.24) is 9.88 Å². The monoisotopic (exact) mass is 434 g/mol. The number of carboxylic acid groups (broad SMARTS) is 1. The molecule has 166 valence electrons. The summed E-state index contributed by atoms with van der Waals surface area (Å²) in [5.41, 5.74) is 1.24. The van der Waals surface area contributed by atoms with E-state index in [1.165, 1.54) is 0 Å². The number of aromatic nitrogens is 1. The third-order valence-corrected chi connectivity index (χ3v) is 5.57. The largest absolute Gasteiger partial charge is 0.484 e. The molecular weight excluding hydrogens is 408 g/mol. The molecule has 0 spiro atoms. The predicted octanol–water partition coefficient (Wildman–Crippen LogP) is 3.09. The van der Waals surface area contributed by atoms with Crippen LogP contribution in [0.5, 0.6) is 5.75 Å². The molecule has 1 aliphatic rings. The van der Waals surface area contributed by atoms with Crippen molar-refractivity contribution in [3.8, 4) is 5.75 Å². The van der Waals surface area contributed by atoms with Crippen LogP contribution >= 0.6 is 0 Å². The zero-order chi connectivity index (χ0) is 22.5. The first kappa shape index (κ1) is 21.6. The van der Waals surface area contributed by atoms with Gasteiger partial charge in [-0.3, -0.25) is 4.79 Å². The zero-order valence-electron chi connectivity index (χ0n) is 18.0. The van der Waals surface area contributed by atoms with E-state index >= 15 is 0 Å². The molecule has 0 atom stereocenters. The molecule has 1 aliphatic heterocycles. The Kier molecular flexibility index (Phi) is 6.51. The van der Waals surface area contributed by atoms with E-state index in [4.69, 9.17) is 9.72 Å². The van der Waals surface area contributed by atoms with Crippen LogP contribution in [0.15, 0.2) is 54.6 Å². The van der Waals surface area contributed by atoms with Gasteiger partial charge < -0.3 is 25.0 Å². The topological polar surface area (TPSA) is 95.0 Å². The van der Waals surface area contributed by atoms with Gasteiger partial charge in [0.25, 0.3) is 5.91 Å². The number of hydrogen-bond donors (Lipinski definition) is 2. The Balaban J connectivity index is 1.52. The van der Waals surface area contributed by atoms with Crippen LogP contribution in [0.4, 0.5) is 11.5 Å². The molecule has 1 fully saturated rings. The fraction of sp³-hybridized carbons (Fsp3) is 0.292. The summed E-state index contributed by atoms with van der Waals surface area (Å²) in [6.45, 7) is 6.46. The molecule has 8 nitrogen and oxygen atoms in total. The number of carbonyl (C=O) groups is 2. The first-order chi connectivity index (χ1) is 15.5. The van der Waals surface area contributed by atoms with E-state index in [1.807, 2.05) is 18.2 Å². The fourth-order valence-corrected chi connectivity index (χ4v) is 3.78. The Labute approximate surface area is 186 Å². The van der Waals surface area contributed by atoms with Gasteiger partial charge >= 0.3 is 5.97 Å². The number of carbonyl (C=O) groups excluding carboxylic acids is 1. The maximum atomic E-state index is 12.3. The number of benzene rings is 2. The van der Waals surface area contributed by atoms with Gasteiger partial charge in [0.1, 0.15) is 11.6 Å². The Morgan fingerprint density at radius 2 is 1.81 bits per heavy atom. The second-order valence-electron chi connectivity index (χ2n) is 7.64. The second kappa shape index (κ2) is 9.65. The Morgan fingerprint density at radius 3 is 2.50 bits per heavy atom. The molecule has 2 N–H and O–H groups in total. The molecule has 1 amide bonds. The second-order valence-corrected chi connectivity index (χ2v) is 7.64. The number of amides is 1. The van der Waals surface area contributed by atoms with Crippen molar-refractivity contribution in [3.05, 3.63) is 60.2 Å². The van der Waals surface area contributed by atoms with Gasteiger partial charge in [-0.25, -0.2) is 9.78 Å². The number of carboxylic acids is 1. The Hall–Kier alpha value is -3.65. The van der Waals surface area contributed by atoms with Crippen LogP contribution in [0.2, 0.25) is 0 Å².